The molecule has 0 fully saturated rings. The Hall–Kier alpha value is -2.15. The number of hydrogen-bond acceptors (Lipinski definition) is 5. The van der Waals surface area contributed by atoms with Crippen LogP contribution in [0.4, 0.5) is 5.69 Å². The topological polar surface area (TPSA) is 98.5 Å². The number of benzene rings is 1. The second-order valence-electron chi connectivity index (χ2n) is 4.06. The molecule has 0 spiro atoms. The van der Waals surface area contributed by atoms with E-state index in [1.165, 1.54) is 18.2 Å². The number of amides is 1. The highest BCUT2D eigenvalue weighted by atomic mass is 35.5. The molecule has 0 atom stereocenters. The van der Waals surface area contributed by atoms with Crippen LogP contribution in [0.2, 0.25) is 5.02 Å². The van der Waals surface area contributed by atoms with Crippen LogP contribution in [0.5, 0.6) is 0 Å². The quantitative estimate of drug-likeness (QED) is 0.360. The van der Waals surface area contributed by atoms with Crippen molar-refractivity contribution in [3.63, 3.8) is 0 Å². The van der Waals surface area contributed by atoms with E-state index in [-0.39, 0.29) is 35.2 Å². The predicted octanol–water partition coefficient (Wildman–Crippen LogP) is 2.32. The Balaban J connectivity index is 2.61. The Morgan fingerprint density at radius 1 is 1.43 bits per heavy atom. The van der Waals surface area contributed by atoms with Gasteiger partial charge in [-0.2, -0.15) is 0 Å². The Morgan fingerprint density at radius 3 is 2.76 bits per heavy atom. The number of rotatable bonds is 7. The van der Waals surface area contributed by atoms with Crippen molar-refractivity contribution in [1.82, 2.24) is 5.32 Å². The Kier molecular flexibility index (Phi) is 6.61. The number of ether oxygens (including phenoxy) is 1. The predicted molar refractivity (Wildman–Crippen MR) is 76.3 cm³/mol. The van der Waals surface area contributed by atoms with Crippen LogP contribution in [-0.4, -0.2) is 30.0 Å². The SMILES string of the molecule is CCOC(=O)CCCNC(=O)c1c(Cl)cccc1[N+](=O)[O-]. The maximum atomic E-state index is 11.9. The lowest BCUT2D eigenvalue weighted by atomic mass is 10.1. The summed E-state index contributed by atoms with van der Waals surface area (Å²) in [6, 6.07) is 4.01. The first-order valence-corrected chi connectivity index (χ1v) is 6.71. The molecule has 8 heteroatoms. The van der Waals surface area contributed by atoms with Gasteiger partial charge in [0.05, 0.1) is 16.6 Å². The largest absolute Gasteiger partial charge is 0.466 e. The Morgan fingerprint density at radius 2 is 2.14 bits per heavy atom. The first-order chi connectivity index (χ1) is 9.97. The van der Waals surface area contributed by atoms with Crippen LogP contribution in [0.1, 0.15) is 30.1 Å². The molecule has 1 N–H and O–H groups in total. The van der Waals surface area contributed by atoms with E-state index in [9.17, 15) is 19.7 Å². The molecule has 0 saturated carbocycles. The highest BCUT2D eigenvalue weighted by Crippen LogP contribution is 2.25. The van der Waals surface area contributed by atoms with E-state index in [1.54, 1.807) is 6.92 Å². The third-order valence-corrected chi connectivity index (χ3v) is 2.88. The molecule has 1 aromatic carbocycles. The summed E-state index contributed by atoms with van der Waals surface area (Å²) in [4.78, 5) is 33.3. The Bertz CT molecular complexity index is 547. The minimum Gasteiger partial charge on any atom is -0.466 e. The van der Waals surface area contributed by atoms with Crippen LogP contribution in [0.3, 0.4) is 0 Å². The van der Waals surface area contributed by atoms with Crippen molar-refractivity contribution in [3.8, 4) is 0 Å². The van der Waals surface area contributed by atoms with Crippen molar-refractivity contribution >= 4 is 29.2 Å². The zero-order valence-electron chi connectivity index (χ0n) is 11.4. The molecule has 1 rings (SSSR count). The number of carbonyl (C=O) groups is 2. The van der Waals surface area contributed by atoms with E-state index in [1.807, 2.05) is 0 Å². The zero-order chi connectivity index (χ0) is 15.8. The molecule has 0 heterocycles. The van der Waals surface area contributed by atoms with Gasteiger partial charge in [0.25, 0.3) is 11.6 Å². The van der Waals surface area contributed by atoms with Crippen molar-refractivity contribution in [3.05, 3.63) is 38.9 Å². The van der Waals surface area contributed by atoms with Gasteiger partial charge in [0.15, 0.2) is 0 Å². The van der Waals surface area contributed by atoms with Gasteiger partial charge in [-0.05, 0) is 19.4 Å². The van der Waals surface area contributed by atoms with E-state index in [0.29, 0.717) is 13.0 Å². The number of hydrogen-bond donors (Lipinski definition) is 1. The van der Waals surface area contributed by atoms with Gasteiger partial charge in [-0.1, -0.05) is 17.7 Å². The number of esters is 1. The molecule has 1 amide bonds. The molecular formula is C13H15ClN2O5. The van der Waals surface area contributed by atoms with E-state index in [4.69, 9.17) is 16.3 Å². The summed E-state index contributed by atoms with van der Waals surface area (Å²) in [5.41, 5.74) is -0.536. The molecule has 0 aliphatic heterocycles. The van der Waals surface area contributed by atoms with Crippen molar-refractivity contribution in [2.75, 3.05) is 13.2 Å². The van der Waals surface area contributed by atoms with Gasteiger partial charge in [0, 0.05) is 19.0 Å². The highest BCUT2D eigenvalue weighted by Gasteiger charge is 2.22. The van der Waals surface area contributed by atoms with Crippen LogP contribution >= 0.6 is 11.6 Å². The minimum absolute atomic E-state index is 0.00657. The molecule has 0 bridgehead atoms. The third kappa shape index (κ3) is 5.03. The normalized spacial score (nSPS) is 10.0. The molecule has 21 heavy (non-hydrogen) atoms. The fraction of sp³-hybridized carbons (Fsp3) is 0.385. The summed E-state index contributed by atoms with van der Waals surface area (Å²) in [5, 5.41) is 13.4. The molecule has 0 unspecified atom stereocenters. The average Bonchev–Trinajstić information content (AvgIpc) is 2.43. The van der Waals surface area contributed by atoms with Crippen molar-refractivity contribution in [2.45, 2.75) is 19.8 Å². The van der Waals surface area contributed by atoms with Gasteiger partial charge in [0.2, 0.25) is 0 Å². The molecule has 0 aromatic heterocycles. The van der Waals surface area contributed by atoms with Crippen molar-refractivity contribution < 1.29 is 19.2 Å². The number of carbonyl (C=O) groups excluding carboxylic acids is 2. The molecule has 0 radical (unpaired) electrons. The van der Waals surface area contributed by atoms with Crippen LogP contribution in [0, 0.1) is 10.1 Å². The van der Waals surface area contributed by atoms with E-state index in [2.05, 4.69) is 5.32 Å². The summed E-state index contributed by atoms with van der Waals surface area (Å²) < 4.78 is 4.74. The van der Waals surface area contributed by atoms with Gasteiger partial charge >= 0.3 is 5.97 Å². The summed E-state index contributed by atoms with van der Waals surface area (Å²) >= 11 is 5.83. The Labute approximate surface area is 126 Å². The maximum Gasteiger partial charge on any atom is 0.305 e. The van der Waals surface area contributed by atoms with Crippen molar-refractivity contribution in [2.24, 2.45) is 0 Å². The van der Waals surface area contributed by atoms with E-state index < -0.39 is 10.8 Å². The molecule has 0 aliphatic rings. The summed E-state index contributed by atoms with van der Waals surface area (Å²) in [6.45, 7) is 2.20. The van der Waals surface area contributed by atoms with Crippen LogP contribution in [0.25, 0.3) is 0 Å². The van der Waals surface area contributed by atoms with Crippen LogP contribution in [-0.2, 0) is 9.53 Å². The van der Waals surface area contributed by atoms with E-state index >= 15 is 0 Å². The van der Waals surface area contributed by atoms with Gasteiger partial charge in [-0.15, -0.1) is 0 Å². The molecule has 0 aliphatic carbocycles. The van der Waals surface area contributed by atoms with Gasteiger partial charge in [0.1, 0.15) is 5.56 Å². The number of nitro benzene ring substituents is 1. The smallest absolute Gasteiger partial charge is 0.305 e. The second-order valence-corrected chi connectivity index (χ2v) is 4.46. The second kappa shape index (κ2) is 8.21. The van der Waals surface area contributed by atoms with Crippen molar-refractivity contribution in [1.29, 1.82) is 0 Å². The molecule has 1 aromatic rings. The monoisotopic (exact) mass is 314 g/mol. The fourth-order valence-electron chi connectivity index (χ4n) is 1.65. The molecule has 7 nitrogen and oxygen atoms in total. The zero-order valence-corrected chi connectivity index (χ0v) is 12.2. The minimum atomic E-state index is -0.667. The lowest BCUT2D eigenvalue weighted by Crippen LogP contribution is -2.26. The molecule has 114 valence electrons. The first kappa shape index (κ1) is 16.9. The van der Waals surface area contributed by atoms with Gasteiger partial charge < -0.3 is 10.1 Å². The average molecular weight is 315 g/mol. The maximum absolute atomic E-state index is 11.9. The summed E-state index contributed by atoms with van der Waals surface area (Å²) in [7, 11) is 0. The van der Waals surface area contributed by atoms with Crippen LogP contribution in [0.15, 0.2) is 18.2 Å². The van der Waals surface area contributed by atoms with Crippen LogP contribution < -0.4 is 5.32 Å². The fourth-order valence-corrected chi connectivity index (χ4v) is 1.90. The first-order valence-electron chi connectivity index (χ1n) is 6.34. The lowest BCUT2D eigenvalue weighted by Gasteiger charge is -2.07. The standard InChI is InChI=1S/C13H15ClN2O5/c1-2-21-11(17)7-4-8-15-13(18)12-9(14)5-3-6-10(12)16(19)20/h3,5-6H,2,4,7-8H2,1H3,(H,15,18). The molecule has 0 saturated heterocycles. The third-order valence-electron chi connectivity index (χ3n) is 2.56. The number of nitro groups is 1. The highest BCUT2D eigenvalue weighted by molar-refractivity contribution is 6.34. The molecular weight excluding hydrogens is 300 g/mol. The lowest BCUT2D eigenvalue weighted by molar-refractivity contribution is -0.385. The summed E-state index contributed by atoms with van der Waals surface area (Å²) in [5.74, 6) is -0.994. The van der Waals surface area contributed by atoms with Gasteiger partial charge in [-0.3, -0.25) is 19.7 Å². The summed E-state index contributed by atoms with van der Waals surface area (Å²) in [6.07, 6.45) is 0.543. The number of nitrogens with zero attached hydrogens (tertiary/aromatic N) is 1. The van der Waals surface area contributed by atoms with E-state index in [0.717, 1.165) is 0 Å². The number of nitrogens with one attached hydrogen (secondary N) is 1. The van der Waals surface area contributed by atoms with Gasteiger partial charge in [-0.25, -0.2) is 0 Å². The number of halogens is 1.